The van der Waals surface area contributed by atoms with Gasteiger partial charge in [0, 0.05) is 18.1 Å². The van der Waals surface area contributed by atoms with Gasteiger partial charge in [-0.2, -0.15) is 0 Å². The summed E-state index contributed by atoms with van der Waals surface area (Å²) in [5, 5.41) is 13.1. The Morgan fingerprint density at radius 1 is 0.806 bits per heavy atom. The van der Waals surface area contributed by atoms with Crippen LogP contribution in [0.15, 0.2) is 73.8 Å². The molecule has 0 bridgehead atoms. The monoisotopic (exact) mass is 496 g/mol. The predicted molar refractivity (Wildman–Crippen MR) is 152 cm³/mol. The average Bonchev–Trinajstić information content (AvgIpc) is 2.86. The van der Waals surface area contributed by atoms with Crippen LogP contribution in [0, 0.1) is 17.8 Å². The van der Waals surface area contributed by atoms with E-state index in [1.165, 1.54) is 5.56 Å². The largest absolute Gasteiger partial charge is 0.490 e. The molecule has 2 aromatic carbocycles. The molecule has 0 amide bonds. The highest BCUT2D eigenvalue weighted by Gasteiger charge is 2.22. The molecule has 3 atom stereocenters. The third-order valence-corrected chi connectivity index (χ3v) is 5.98. The van der Waals surface area contributed by atoms with Crippen LogP contribution in [0.2, 0.25) is 0 Å². The molecule has 0 aromatic heterocycles. The smallest absolute Gasteiger partial charge is 0.120 e. The van der Waals surface area contributed by atoms with Gasteiger partial charge in [0.2, 0.25) is 0 Å². The molecule has 5 heteroatoms. The van der Waals surface area contributed by atoms with Gasteiger partial charge in [-0.05, 0) is 53.1 Å². The van der Waals surface area contributed by atoms with E-state index in [1.54, 1.807) is 12.2 Å². The molecule has 0 radical (unpaired) electrons. The average molecular weight is 497 g/mol. The van der Waals surface area contributed by atoms with E-state index in [9.17, 15) is 5.11 Å². The van der Waals surface area contributed by atoms with E-state index in [1.807, 2.05) is 36.4 Å². The van der Waals surface area contributed by atoms with Crippen LogP contribution in [0.1, 0.15) is 64.8 Å². The number of hydrogen-bond donors (Lipinski definition) is 3. The van der Waals surface area contributed by atoms with Crippen molar-refractivity contribution >= 4 is 0 Å². The summed E-state index contributed by atoms with van der Waals surface area (Å²) in [5.74, 6) is 2.94. The van der Waals surface area contributed by atoms with E-state index >= 15 is 0 Å². The summed E-state index contributed by atoms with van der Waals surface area (Å²) in [4.78, 5) is 0. The Hall–Kier alpha value is -2.60. The highest BCUT2D eigenvalue weighted by Crippen LogP contribution is 2.26. The highest BCUT2D eigenvalue weighted by atomic mass is 16.5. The van der Waals surface area contributed by atoms with Gasteiger partial charge in [-0.1, -0.05) is 91.1 Å². The van der Waals surface area contributed by atoms with E-state index in [2.05, 4.69) is 72.1 Å². The molecule has 0 saturated heterocycles. The van der Waals surface area contributed by atoms with Crippen LogP contribution in [-0.4, -0.2) is 31.0 Å². The summed E-state index contributed by atoms with van der Waals surface area (Å²) in [7, 11) is 0. The minimum Gasteiger partial charge on any atom is -0.490 e. The van der Waals surface area contributed by atoms with Gasteiger partial charge < -0.3 is 25.6 Å². The molecule has 2 rings (SSSR count). The molecule has 0 saturated carbocycles. The van der Waals surface area contributed by atoms with Gasteiger partial charge in [0.1, 0.15) is 24.7 Å². The lowest BCUT2D eigenvalue weighted by atomic mass is 9.93. The molecular weight excluding hydrogens is 448 g/mol. The first-order chi connectivity index (χ1) is 17.1. The number of nitrogens with two attached hydrogens (primary N) is 1. The van der Waals surface area contributed by atoms with Crippen molar-refractivity contribution in [2.45, 2.75) is 59.7 Å². The maximum atomic E-state index is 9.55. The van der Waals surface area contributed by atoms with Crippen molar-refractivity contribution in [3.8, 4) is 11.5 Å². The Morgan fingerprint density at radius 3 is 1.72 bits per heavy atom. The number of aliphatic hydroxyl groups is 1. The second-order valence-electron chi connectivity index (χ2n) is 10.0. The van der Waals surface area contributed by atoms with Crippen molar-refractivity contribution in [3.63, 3.8) is 0 Å². The minimum atomic E-state index is 0.0669. The fraction of sp³-hybridized carbons (Fsp3) is 0.484. The third kappa shape index (κ3) is 11.0. The first-order valence-electron chi connectivity index (χ1n) is 12.9. The summed E-state index contributed by atoms with van der Waals surface area (Å²) in [5.41, 5.74) is 8.36. The lowest BCUT2D eigenvalue weighted by Crippen LogP contribution is -2.41. The second kappa shape index (κ2) is 17.0. The summed E-state index contributed by atoms with van der Waals surface area (Å²) < 4.78 is 11.1. The van der Waals surface area contributed by atoms with Crippen LogP contribution in [0.3, 0.4) is 0 Å². The van der Waals surface area contributed by atoms with Crippen molar-refractivity contribution in [1.29, 1.82) is 0 Å². The maximum absolute atomic E-state index is 9.55. The molecule has 0 aliphatic heterocycles. The molecule has 2 aromatic rings. The number of rotatable bonds is 14. The summed E-state index contributed by atoms with van der Waals surface area (Å²) in [6, 6.07) is 16.4. The topological polar surface area (TPSA) is 76.7 Å². The van der Waals surface area contributed by atoms with Crippen LogP contribution in [0.25, 0.3) is 0 Å². The Kier molecular flexibility index (Phi) is 14.8. The first kappa shape index (κ1) is 31.4. The minimum absolute atomic E-state index is 0.0669. The Labute approximate surface area is 219 Å². The predicted octanol–water partition coefficient (Wildman–Crippen LogP) is 6.46. The highest BCUT2D eigenvalue weighted by molar-refractivity contribution is 5.32. The molecule has 0 aliphatic rings. The number of nitrogens with one attached hydrogen (secondary N) is 1. The summed E-state index contributed by atoms with van der Waals surface area (Å²) in [6.07, 6.45) is 3.47. The van der Waals surface area contributed by atoms with Gasteiger partial charge in [-0.3, -0.25) is 0 Å². The number of hydrogen-bond acceptors (Lipinski definition) is 5. The van der Waals surface area contributed by atoms with E-state index in [0.717, 1.165) is 17.1 Å². The zero-order valence-corrected chi connectivity index (χ0v) is 23.1. The lowest BCUT2D eigenvalue weighted by molar-refractivity contribution is 0.188. The first-order valence-corrected chi connectivity index (χ1v) is 12.9. The third-order valence-electron chi connectivity index (χ3n) is 5.98. The molecule has 0 heterocycles. The molecule has 200 valence electrons. The zero-order valence-electron chi connectivity index (χ0n) is 23.1. The van der Waals surface area contributed by atoms with Crippen LogP contribution in [0.5, 0.6) is 11.5 Å². The van der Waals surface area contributed by atoms with Gasteiger partial charge in [-0.15, -0.1) is 0 Å². The van der Waals surface area contributed by atoms with Crippen LogP contribution < -0.4 is 20.5 Å². The fourth-order valence-corrected chi connectivity index (χ4v) is 3.66. The second-order valence-corrected chi connectivity index (χ2v) is 10.0. The van der Waals surface area contributed by atoms with E-state index in [0.29, 0.717) is 31.0 Å². The number of benzene rings is 2. The normalized spacial score (nSPS) is 13.5. The number of ether oxygens (including phenoxy) is 2. The van der Waals surface area contributed by atoms with Gasteiger partial charge in [0.05, 0.1) is 6.61 Å². The van der Waals surface area contributed by atoms with E-state index in [-0.39, 0.29) is 24.7 Å². The fourth-order valence-electron chi connectivity index (χ4n) is 3.66. The van der Waals surface area contributed by atoms with Gasteiger partial charge in [-0.25, -0.2) is 0 Å². The lowest BCUT2D eigenvalue weighted by Gasteiger charge is -2.30. The SMILES string of the molecule is C=CCOc1cccc([C@H](N)C(C)C)c1.C=CCOc1cccc([C@H](N[C@@H](CO)C(C)C)C(C)C)c1. The molecule has 0 fully saturated rings. The van der Waals surface area contributed by atoms with Crippen LogP contribution in [0.4, 0.5) is 0 Å². The van der Waals surface area contributed by atoms with Gasteiger partial charge in [0.25, 0.3) is 0 Å². The molecule has 0 aliphatic carbocycles. The van der Waals surface area contributed by atoms with E-state index in [4.69, 9.17) is 15.2 Å². The summed E-state index contributed by atoms with van der Waals surface area (Å²) >= 11 is 0. The van der Waals surface area contributed by atoms with Crippen molar-refractivity contribution in [2.75, 3.05) is 19.8 Å². The van der Waals surface area contributed by atoms with Gasteiger partial charge in [0.15, 0.2) is 0 Å². The zero-order chi connectivity index (χ0) is 27.1. The summed E-state index contributed by atoms with van der Waals surface area (Å²) in [6.45, 7) is 21.3. The van der Waals surface area contributed by atoms with Crippen LogP contribution in [-0.2, 0) is 0 Å². The van der Waals surface area contributed by atoms with Crippen LogP contribution >= 0.6 is 0 Å². The Morgan fingerprint density at radius 2 is 1.31 bits per heavy atom. The molecule has 0 spiro atoms. The molecule has 0 unspecified atom stereocenters. The quantitative estimate of drug-likeness (QED) is 0.262. The van der Waals surface area contributed by atoms with Crippen molar-refractivity contribution in [3.05, 3.63) is 85.0 Å². The van der Waals surface area contributed by atoms with Crippen molar-refractivity contribution in [2.24, 2.45) is 23.5 Å². The van der Waals surface area contributed by atoms with Crippen molar-refractivity contribution < 1.29 is 14.6 Å². The Balaban J connectivity index is 0.000000381. The Bertz CT molecular complexity index is 895. The molecular formula is C31H48N2O3. The molecule has 5 nitrogen and oxygen atoms in total. The van der Waals surface area contributed by atoms with E-state index < -0.39 is 0 Å². The van der Waals surface area contributed by atoms with Gasteiger partial charge >= 0.3 is 0 Å². The standard InChI is InChI=1S/C18H29NO2.C13H19NO/c1-6-10-21-16-9-7-8-15(11-16)18(14(4)5)19-17(12-20)13(2)3;1-4-8-15-12-7-5-6-11(9-12)13(14)10(2)3/h6-9,11,13-14,17-20H,1,10,12H2,2-5H3;4-7,9-10,13H,1,8,14H2,2-3H3/t17-,18+;13-/m01/s1. The number of aliphatic hydroxyl groups excluding tert-OH is 1. The molecule has 36 heavy (non-hydrogen) atoms. The molecule has 4 N–H and O–H groups in total. The van der Waals surface area contributed by atoms with Crippen molar-refractivity contribution in [1.82, 2.24) is 5.32 Å². The maximum Gasteiger partial charge on any atom is 0.120 e.